The van der Waals surface area contributed by atoms with E-state index in [-0.39, 0.29) is 34.8 Å². The predicted octanol–water partition coefficient (Wildman–Crippen LogP) is 4.30. The highest BCUT2D eigenvalue weighted by Crippen LogP contribution is 2.32. The number of carbonyl (C=O) groups excluding carboxylic acids is 1. The SMILES string of the molecule is Cc1nn2c(C3CCN(C(=O)OC(C)(C)C)CC3)cc(=O)[nH]c2c1-c1nc(-c2ccccc2F)no1. The summed E-state index contributed by atoms with van der Waals surface area (Å²) in [6.07, 6.45) is 0.977. The van der Waals surface area contributed by atoms with Crippen LogP contribution >= 0.6 is 0 Å². The molecule has 5 rings (SSSR count). The Balaban J connectivity index is 1.46. The van der Waals surface area contributed by atoms with Gasteiger partial charge in [-0.25, -0.2) is 13.7 Å². The summed E-state index contributed by atoms with van der Waals surface area (Å²) >= 11 is 0. The van der Waals surface area contributed by atoms with E-state index in [4.69, 9.17) is 9.26 Å². The minimum atomic E-state index is -0.559. The van der Waals surface area contributed by atoms with Crippen LogP contribution in [0.1, 0.15) is 50.9 Å². The maximum Gasteiger partial charge on any atom is 0.410 e. The summed E-state index contributed by atoms with van der Waals surface area (Å²) in [6.45, 7) is 8.32. The van der Waals surface area contributed by atoms with Gasteiger partial charge in [-0.15, -0.1) is 0 Å². The number of aryl methyl sites for hydroxylation is 1. The van der Waals surface area contributed by atoms with Crippen molar-refractivity contribution in [3.8, 4) is 22.8 Å². The van der Waals surface area contributed by atoms with E-state index < -0.39 is 11.4 Å². The number of carbonyl (C=O) groups is 1. The number of benzene rings is 1. The zero-order chi connectivity index (χ0) is 25.6. The van der Waals surface area contributed by atoms with Crippen LogP contribution in [-0.2, 0) is 4.74 Å². The number of amides is 1. The molecule has 11 heteroatoms. The van der Waals surface area contributed by atoms with Crippen molar-refractivity contribution in [2.24, 2.45) is 0 Å². The average Bonchev–Trinajstić information content (AvgIpc) is 3.41. The smallest absolute Gasteiger partial charge is 0.410 e. The van der Waals surface area contributed by atoms with Crippen molar-refractivity contribution in [2.75, 3.05) is 13.1 Å². The van der Waals surface area contributed by atoms with Crippen molar-refractivity contribution in [3.05, 3.63) is 57.9 Å². The second-order valence-corrected chi connectivity index (χ2v) is 9.92. The lowest BCUT2D eigenvalue weighted by molar-refractivity contribution is 0.0203. The second-order valence-electron chi connectivity index (χ2n) is 9.92. The van der Waals surface area contributed by atoms with Crippen molar-refractivity contribution in [1.29, 1.82) is 0 Å². The van der Waals surface area contributed by atoms with E-state index >= 15 is 0 Å². The monoisotopic (exact) mass is 494 g/mol. The van der Waals surface area contributed by atoms with Crippen LogP contribution < -0.4 is 5.56 Å². The Morgan fingerprint density at radius 1 is 1.22 bits per heavy atom. The average molecular weight is 495 g/mol. The second kappa shape index (κ2) is 8.89. The molecule has 188 valence electrons. The minimum Gasteiger partial charge on any atom is -0.444 e. The first-order valence-electron chi connectivity index (χ1n) is 11.8. The number of hydrogen-bond acceptors (Lipinski definition) is 7. The lowest BCUT2D eigenvalue weighted by Gasteiger charge is -2.33. The molecule has 0 saturated carbocycles. The fourth-order valence-electron chi connectivity index (χ4n) is 4.49. The van der Waals surface area contributed by atoms with E-state index in [1.807, 2.05) is 20.8 Å². The van der Waals surface area contributed by atoms with E-state index in [0.29, 0.717) is 42.8 Å². The summed E-state index contributed by atoms with van der Waals surface area (Å²) in [5.41, 5.74) is 1.59. The van der Waals surface area contributed by atoms with Gasteiger partial charge in [-0.1, -0.05) is 17.3 Å². The number of hydrogen-bond donors (Lipinski definition) is 1. The lowest BCUT2D eigenvalue weighted by Crippen LogP contribution is -2.41. The molecule has 1 amide bonds. The quantitative estimate of drug-likeness (QED) is 0.451. The number of rotatable bonds is 3. The van der Waals surface area contributed by atoms with Crippen molar-refractivity contribution >= 4 is 11.7 Å². The van der Waals surface area contributed by atoms with Gasteiger partial charge in [-0.2, -0.15) is 10.1 Å². The normalized spacial score (nSPS) is 15.0. The highest BCUT2D eigenvalue weighted by atomic mass is 19.1. The van der Waals surface area contributed by atoms with Crippen LogP contribution in [0.3, 0.4) is 0 Å². The molecule has 1 aliphatic heterocycles. The van der Waals surface area contributed by atoms with Crippen LogP contribution in [0.15, 0.2) is 39.6 Å². The zero-order valence-corrected chi connectivity index (χ0v) is 20.5. The molecule has 10 nitrogen and oxygen atoms in total. The molecule has 0 spiro atoms. The number of halogens is 1. The molecule has 3 aromatic heterocycles. The van der Waals surface area contributed by atoms with Crippen LogP contribution in [0.25, 0.3) is 28.5 Å². The maximum absolute atomic E-state index is 14.2. The first-order chi connectivity index (χ1) is 17.1. The molecule has 1 aliphatic rings. The largest absolute Gasteiger partial charge is 0.444 e. The van der Waals surface area contributed by atoms with Crippen molar-refractivity contribution < 1.29 is 18.4 Å². The first kappa shape index (κ1) is 23.7. The summed E-state index contributed by atoms with van der Waals surface area (Å²) in [5.74, 6) is -0.213. The molecule has 1 N–H and O–H groups in total. The number of likely N-dealkylation sites (tertiary alicyclic amines) is 1. The third kappa shape index (κ3) is 4.48. The van der Waals surface area contributed by atoms with Crippen molar-refractivity contribution in [3.63, 3.8) is 0 Å². The van der Waals surface area contributed by atoms with Crippen molar-refractivity contribution in [1.82, 2.24) is 29.6 Å². The number of fused-ring (bicyclic) bond motifs is 1. The number of H-pyrrole nitrogens is 1. The fourth-order valence-corrected chi connectivity index (χ4v) is 4.49. The molecule has 0 radical (unpaired) electrons. The molecule has 4 aromatic rings. The van der Waals surface area contributed by atoms with Gasteiger partial charge < -0.3 is 19.1 Å². The van der Waals surface area contributed by atoms with Gasteiger partial charge in [-0.3, -0.25) is 4.79 Å². The molecular formula is C25H27FN6O4. The van der Waals surface area contributed by atoms with Crippen LogP contribution in [0.5, 0.6) is 0 Å². The molecule has 0 unspecified atom stereocenters. The van der Waals surface area contributed by atoms with Gasteiger partial charge in [0, 0.05) is 25.1 Å². The van der Waals surface area contributed by atoms with Gasteiger partial charge in [-0.05, 0) is 52.7 Å². The van der Waals surface area contributed by atoms with E-state index in [2.05, 4.69) is 20.2 Å². The Bertz CT molecular complexity index is 1490. The van der Waals surface area contributed by atoms with Gasteiger partial charge in [0.1, 0.15) is 22.6 Å². The van der Waals surface area contributed by atoms with E-state index in [1.165, 1.54) is 12.1 Å². The summed E-state index contributed by atoms with van der Waals surface area (Å²) in [7, 11) is 0. The fraction of sp³-hybridized carbons (Fsp3) is 0.400. The highest BCUT2D eigenvalue weighted by Gasteiger charge is 2.30. The van der Waals surface area contributed by atoms with Gasteiger partial charge in [0.15, 0.2) is 0 Å². The third-order valence-corrected chi connectivity index (χ3v) is 6.15. The Morgan fingerprint density at radius 2 is 1.94 bits per heavy atom. The number of piperidine rings is 1. The maximum atomic E-state index is 14.2. The van der Waals surface area contributed by atoms with Gasteiger partial charge >= 0.3 is 6.09 Å². The Hall–Kier alpha value is -4.02. The lowest BCUT2D eigenvalue weighted by atomic mass is 9.93. The molecule has 0 atom stereocenters. The Labute approximate surface area is 206 Å². The third-order valence-electron chi connectivity index (χ3n) is 6.15. The highest BCUT2D eigenvalue weighted by molar-refractivity contribution is 5.75. The molecule has 0 aliphatic carbocycles. The van der Waals surface area contributed by atoms with Gasteiger partial charge in [0.25, 0.3) is 11.4 Å². The van der Waals surface area contributed by atoms with Gasteiger partial charge in [0.05, 0.1) is 17.0 Å². The van der Waals surface area contributed by atoms with E-state index in [0.717, 1.165) is 5.69 Å². The van der Waals surface area contributed by atoms with Crippen molar-refractivity contribution in [2.45, 2.75) is 52.1 Å². The molecule has 1 aromatic carbocycles. The van der Waals surface area contributed by atoms with Gasteiger partial charge in [0.2, 0.25) is 5.82 Å². The molecule has 36 heavy (non-hydrogen) atoms. The number of aromatic amines is 1. The summed E-state index contributed by atoms with van der Waals surface area (Å²) in [5, 5.41) is 8.58. The molecule has 1 fully saturated rings. The van der Waals surface area contributed by atoms with Crippen LogP contribution in [0, 0.1) is 12.7 Å². The number of aromatic nitrogens is 5. The minimum absolute atomic E-state index is 0.0114. The summed E-state index contributed by atoms with van der Waals surface area (Å²) < 4.78 is 26.8. The van der Waals surface area contributed by atoms with Crippen LogP contribution in [-0.4, -0.2) is 54.4 Å². The molecule has 4 heterocycles. The Morgan fingerprint density at radius 3 is 2.64 bits per heavy atom. The summed E-state index contributed by atoms with van der Waals surface area (Å²) in [6, 6.07) is 7.70. The topological polar surface area (TPSA) is 119 Å². The molecule has 1 saturated heterocycles. The predicted molar refractivity (Wildman–Crippen MR) is 129 cm³/mol. The van der Waals surface area contributed by atoms with E-state index in [1.54, 1.807) is 34.5 Å². The van der Waals surface area contributed by atoms with Crippen LogP contribution in [0.4, 0.5) is 9.18 Å². The van der Waals surface area contributed by atoms with E-state index in [9.17, 15) is 14.0 Å². The standard InChI is InChI=1S/C25H27FN6O4/c1-14-20(23-28-21(30-36-23)16-7-5-6-8-17(16)26)22-27-19(33)13-18(32(22)29-14)15-9-11-31(12-10-15)24(34)35-25(2,3)4/h5-8,13,15H,9-12H2,1-4H3,(H,27,33). The van der Waals surface area contributed by atoms with Crippen LogP contribution in [0.2, 0.25) is 0 Å². The first-order valence-corrected chi connectivity index (χ1v) is 11.8. The molecule has 0 bridgehead atoms. The summed E-state index contributed by atoms with van der Waals surface area (Å²) in [4.78, 5) is 34.0. The number of nitrogens with zero attached hydrogens (tertiary/aromatic N) is 5. The number of ether oxygens (including phenoxy) is 1. The number of nitrogens with one attached hydrogen (secondary N) is 1. The zero-order valence-electron chi connectivity index (χ0n) is 20.5. The Kier molecular flexibility index (Phi) is 5.85. The molecular weight excluding hydrogens is 467 g/mol.